The van der Waals surface area contributed by atoms with Crippen molar-refractivity contribution in [3.05, 3.63) is 35.8 Å². The molecule has 0 aromatic carbocycles. The number of furan rings is 1. The lowest BCUT2D eigenvalue weighted by Crippen LogP contribution is -1.98. The summed E-state index contributed by atoms with van der Waals surface area (Å²) in [6.45, 7) is 0. The van der Waals surface area contributed by atoms with Crippen LogP contribution < -0.4 is 0 Å². The number of hydrogen-bond acceptors (Lipinski definition) is 3. The highest BCUT2D eigenvalue weighted by Crippen LogP contribution is 2.30. The van der Waals surface area contributed by atoms with E-state index in [0.717, 1.165) is 18.6 Å². The Balaban J connectivity index is 2.13. The lowest BCUT2D eigenvalue weighted by Gasteiger charge is -2.03. The quantitative estimate of drug-likeness (QED) is 0.533. The van der Waals surface area contributed by atoms with Crippen LogP contribution in [0.4, 0.5) is 0 Å². The summed E-state index contributed by atoms with van der Waals surface area (Å²) in [4.78, 5) is 11.1. The Morgan fingerprint density at radius 1 is 1.43 bits per heavy atom. The number of esters is 1. The molecule has 0 bridgehead atoms. The summed E-state index contributed by atoms with van der Waals surface area (Å²) in [6, 6.07) is 3.52. The average Bonchev–Trinajstić information content (AvgIpc) is 2.86. The van der Waals surface area contributed by atoms with E-state index in [1.807, 2.05) is 6.07 Å². The summed E-state index contributed by atoms with van der Waals surface area (Å²) < 4.78 is 9.97. The molecular formula is C11H12O3. The van der Waals surface area contributed by atoms with Crippen LogP contribution in [0.15, 0.2) is 28.7 Å². The Bertz CT molecular complexity index is 354. The van der Waals surface area contributed by atoms with Gasteiger partial charge in [-0.1, -0.05) is 12.2 Å². The molecule has 3 nitrogen and oxygen atoms in total. The van der Waals surface area contributed by atoms with Crippen molar-refractivity contribution in [2.75, 3.05) is 7.11 Å². The summed E-state index contributed by atoms with van der Waals surface area (Å²) in [5, 5.41) is 0. The predicted octanol–water partition coefficient (Wildman–Crippen LogP) is 2.50. The molecule has 0 saturated heterocycles. The fraction of sp³-hybridized carbons (Fsp3) is 0.364. The Morgan fingerprint density at radius 2 is 2.14 bits per heavy atom. The molecule has 1 aliphatic carbocycles. The molecule has 0 spiro atoms. The zero-order chi connectivity index (χ0) is 9.97. The lowest BCUT2D eigenvalue weighted by atomic mass is 10.1. The predicted molar refractivity (Wildman–Crippen MR) is 51.2 cm³/mol. The van der Waals surface area contributed by atoms with Gasteiger partial charge < -0.3 is 9.15 Å². The molecule has 0 aliphatic heterocycles. The highest BCUT2D eigenvalue weighted by molar-refractivity contribution is 5.86. The van der Waals surface area contributed by atoms with Gasteiger partial charge in [0.2, 0.25) is 5.76 Å². The SMILES string of the molecule is COC(=O)c1ccc(C2CC=CC2)o1. The van der Waals surface area contributed by atoms with Gasteiger partial charge in [0.25, 0.3) is 0 Å². The standard InChI is InChI=1S/C11H12O3/c1-13-11(12)10-7-6-9(14-10)8-4-2-3-5-8/h2-3,6-8H,4-5H2,1H3. The van der Waals surface area contributed by atoms with Crippen molar-refractivity contribution in [3.8, 4) is 0 Å². The van der Waals surface area contributed by atoms with E-state index < -0.39 is 5.97 Å². The Hall–Kier alpha value is -1.51. The van der Waals surface area contributed by atoms with Crippen molar-refractivity contribution in [2.45, 2.75) is 18.8 Å². The summed E-state index contributed by atoms with van der Waals surface area (Å²) in [5.74, 6) is 1.14. The van der Waals surface area contributed by atoms with Crippen LogP contribution in [0.2, 0.25) is 0 Å². The van der Waals surface area contributed by atoms with Gasteiger partial charge in [-0.2, -0.15) is 0 Å². The first-order valence-electron chi connectivity index (χ1n) is 4.64. The van der Waals surface area contributed by atoms with E-state index in [2.05, 4.69) is 16.9 Å². The largest absolute Gasteiger partial charge is 0.463 e. The maximum absolute atomic E-state index is 11.1. The average molecular weight is 192 g/mol. The summed E-state index contributed by atoms with van der Waals surface area (Å²) >= 11 is 0. The number of carbonyl (C=O) groups is 1. The van der Waals surface area contributed by atoms with Crippen molar-refractivity contribution < 1.29 is 13.9 Å². The van der Waals surface area contributed by atoms with Gasteiger partial charge >= 0.3 is 5.97 Å². The van der Waals surface area contributed by atoms with Gasteiger partial charge in [0.15, 0.2) is 0 Å². The lowest BCUT2D eigenvalue weighted by molar-refractivity contribution is 0.0562. The fourth-order valence-electron chi connectivity index (χ4n) is 1.63. The number of allylic oxidation sites excluding steroid dienone is 2. The molecule has 0 N–H and O–H groups in total. The van der Waals surface area contributed by atoms with E-state index >= 15 is 0 Å². The third-order valence-corrected chi connectivity index (χ3v) is 2.42. The Morgan fingerprint density at radius 3 is 2.79 bits per heavy atom. The van der Waals surface area contributed by atoms with Crippen LogP contribution in [-0.4, -0.2) is 13.1 Å². The van der Waals surface area contributed by atoms with Crippen LogP contribution in [0.25, 0.3) is 0 Å². The molecule has 0 radical (unpaired) electrons. The van der Waals surface area contributed by atoms with E-state index in [-0.39, 0.29) is 5.76 Å². The Labute approximate surface area is 82.4 Å². The highest BCUT2D eigenvalue weighted by Gasteiger charge is 2.18. The monoisotopic (exact) mass is 192 g/mol. The van der Waals surface area contributed by atoms with Gasteiger partial charge in [0.1, 0.15) is 5.76 Å². The second-order valence-electron chi connectivity index (χ2n) is 3.33. The molecule has 1 aromatic heterocycles. The van der Waals surface area contributed by atoms with E-state index in [1.54, 1.807) is 6.07 Å². The fourth-order valence-corrected chi connectivity index (χ4v) is 1.63. The van der Waals surface area contributed by atoms with Gasteiger partial charge in [-0.25, -0.2) is 4.79 Å². The molecule has 2 rings (SSSR count). The topological polar surface area (TPSA) is 39.4 Å². The number of rotatable bonds is 2. The zero-order valence-corrected chi connectivity index (χ0v) is 8.03. The molecule has 0 atom stereocenters. The van der Waals surface area contributed by atoms with Crippen LogP contribution in [-0.2, 0) is 4.74 Å². The minimum atomic E-state index is -0.415. The van der Waals surface area contributed by atoms with E-state index in [0.29, 0.717) is 5.92 Å². The number of carbonyl (C=O) groups excluding carboxylic acids is 1. The van der Waals surface area contributed by atoms with Crippen molar-refractivity contribution in [1.29, 1.82) is 0 Å². The smallest absolute Gasteiger partial charge is 0.373 e. The zero-order valence-electron chi connectivity index (χ0n) is 8.03. The number of hydrogen-bond donors (Lipinski definition) is 0. The summed E-state index contributed by atoms with van der Waals surface area (Å²) in [7, 11) is 1.35. The summed E-state index contributed by atoms with van der Waals surface area (Å²) in [6.07, 6.45) is 6.25. The molecule has 0 amide bonds. The normalized spacial score (nSPS) is 16.1. The van der Waals surface area contributed by atoms with Crippen LogP contribution >= 0.6 is 0 Å². The van der Waals surface area contributed by atoms with E-state index in [1.165, 1.54) is 7.11 Å². The number of ether oxygens (including phenoxy) is 1. The molecule has 1 aromatic rings. The van der Waals surface area contributed by atoms with Gasteiger partial charge in [-0.15, -0.1) is 0 Å². The minimum absolute atomic E-state index is 0.286. The van der Waals surface area contributed by atoms with Crippen molar-refractivity contribution in [3.63, 3.8) is 0 Å². The second kappa shape index (κ2) is 3.70. The number of methoxy groups -OCH3 is 1. The van der Waals surface area contributed by atoms with Crippen LogP contribution in [0.3, 0.4) is 0 Å². The van der Waals surface area contributed by atoms with E-state index in [4.69, 9.17) is 4.42 Å². The first-order valence-corrected chi connectivity index (χ1v) is 4.64. The molecule has 0 fully saturated rings. The molecule has 74 valence electrons. The van der Waals surface area contributed by atoms with Crippen LogP contribution in [0.1, 0.15) is 35.1 Å². The van der Waals surface area contributed by atoms with Crippen molar-refractivity contribution in [1.82, 2.24) is 0 Å². The Kier molecular flexibility index (Phi) is 2.39. The third-order valence-electron chi connectivity index (χ3n) is 2.42. The molecular weight excluding hydrogens is 180 g/mol. The van der Waals surface area contributed by atoms with Crippen LogP contribution in [0.5, 0.6) is 0 Å². The van der Waals surface area contributed by atoms with Gasteiger partial charge in [0.05, 0.1) is 7.11 Å². The van der Waals surface area contributed by atoms with Gasteiger partial charge in [0, 0.05) is 5.92 Å². The molecule has 14 heavy (non-hydrogen) atoms. The van der Waals surface area contributed by atoms with Gasteiger partial charge in [-0.3, -0.25) is 0 Å². The van der Waals surface area contributed by atoms with E-state index in [9.17, 15) is 4.79 Å². The molecule has 1 heterocycles. The maximum Gasteiger partial charge on any atom is 0.373 e. The molecule has 0 unspecified atom stereocenters. The van der Waals surface area contributed by atoms with Crippen LogP contribution in [0, 0.1) is 0 Å². The van der Waals surface area contributed by atoms with Crippen molar-refractivity contribution >= 4 is 5.97 Å². The highest BCUT2D eigenvalue weighted by atomic mass is 16.5. The molecule has 1 aliphatic rings. The first kappa shape index (κ1) is 9.06. The summed E-state index contributed by atoms with van der Waals surface area (Å²) in [5.41, 5.74) is 0. The molecule has 0 saturated carbocycles. The molecule has 3 heteroatoms. The first-order chi connectivity index (χ1) is 6.81. The maximum atomic E-state index is 11.1. The second-order valence-corrected chi connectivity index (χ2v) is 3.33. The minimum Gasteiger partial charge on any atom is -0.463 e. The third kappa shape index (κ3) is 1.58. The van der Waals surface area contributed by atoms with Crippen molar-refractivity contribution in [2.24, 2.45) is 0 Å². The van der Waals surface area contributed by atoms with Gasteiger partial charge in [-0.05, 0) is 25.0 Å².